The number of unbranched alkanes of at least 4 members (excludes halogenated alkanes) is 1. The minimum atomic E-state index is -0.538. The van der Waals surface area contributed by atoms with Crippen molar-refractivity contribution in [1.82, 2.24) is 10.2 Å². The summed E-state index contributed by atoms with van der Waals surface area (Å²) >= 11 is 1.80. The molecule has 4 aromatic rings. The van der Waals surface area contributed by atoms with Crippen molar-refractivity contribution in [2.75, 3.05) is 62.4 Å². The van der Waals surface area contributed by atoms with E-state index in [4.69, 9.17) is 9.47 Å². The Morgan fingerprint density at radius 2 is 1.76 bits per heavy atom. The van der Waals surface area contributed by atoms with Crippen LogP contribution in [0.5, 0.6) is 5.75 Å². The van der Waals surface area contributed by atoms with E-state index in [0.29, 0.717) is 26.0 Å². The lowest BCUT2D eigenvalue weighted by molar-refractivity contribution is -0.120. The number of thiophene rings is 1. The van der Waals surface area contributed by atoms with Crippen LogP contribution in [-0.2, 0) is 21.4 Å². The average molecular weight is 641 g/mol. The van der Waals surface area contributed by atoms with E-state index in [-0.39, 0.29) is 18.1 Å². The molecule has 6 rings (SSSR count). The van der Waals surface area contributed by atoms with Crippen molar-refractivity contribution in [1.29, 1.82) is 0 Å². The third-order valence-electron chi connectivity index (χ3n) is 9.06. The van der Waals surface area contributed by atoms with Gasteiger partial charge in [-0.25, -0.2) is 4.79 Å². The second kappa shape index (κ2) is 14.6. The van der Waals surface area contributed by atoms with Crippen molar-refractivity contribution in [2.45, 2.75) is 44.9 Å². The molecule has 1 N–H and O–H groups in total. The topological polar surface area (TPSA) is 74.3 Å². The van der Waals surface area contributed by atoms with E-state index in [1.165, 1.54) is 15.8 Å². The fourth-order valence-electron chi connectivity index (χ4n) is 6.46. The van der Waals surface area contributed by atoms with Crippen molar-refractivity contribution in [2.24, 2.45) is 0 Å². The van der Waals surface area contributed by atoms with E-state index in [9.17, 15) is 9.59 Å². The van der Waals surface area contributed by atoms with Crippen LogP contribution in [0.3, 0.4) is 0 Å². The van der Waals surface area contributed by atoms with Crippen LogP contribution >= 0.6 is 11.3 Å². The van der Waals surface area contributed by atoms with Gasteiger partial charge >= 0.3 is 6.09 Å². The monoisotopic (exact) mass is 640 g/mol. The van der Waals surface area contributed by atoms with Gasteiger partial charge in [-0.3, -0.25) is 14.6 Å². The molecule has 0 radical (unpaired) electrons. The van der Waals surface area contributed by atoms with Crippen LogP contribution in [0, 0.1) is 0 Å². The van der Waals surface area contributed by atoms with Gasteiger partial charge in [0.15, 0.2) is 6.73 Å². The highest BCUT2D eigenvalue weighted by Gasteiger charge is 2.37. The Morgan fingerprint density at radius 3 is 2.59 bits per heavy atom. The van der Waals surface area contributed by atoms with Gasteiger partial charge < -0.3 is 19.7 Å². The van der Waals surface area contributed by atoms with Crippen molar-refractivity contribution < 1.29 is 19.1 Å². The molecule has 242 valence electrons. The third-order valence-corrected chi connectivity index (χ3v) is 9.94. The van der Waals surface area contributed by atoms with Gasteiger partial charge in [0, 0.05) is 66.4 Å². The van der Waals surface area contributed by atoms with E-state index in [0.717, 1.165) is 68.1 Å². The highest BCUT2D eigenvalue weighted by atomic mass is 32.1. The maximum atomic E-state index is 13.2. The Labute approximate surface area is 275 Å². The fraction of sp³-hybridized carbons (Fsp3) is 0.405. The van der Waals surface area contributed by atoms with Gasteiger partial charge in [0.1, 0.15) is 5.75 Å². The zero-order valence-corrected chi connectivity index (χ0v) is 27.7. The van der Waals surface area contributed by atoms with Gasteiger partial charge in [-0.15, -0.1) is 11.3 Å². The van der Waals surface area contributed by atoms with Crippen LogP contribution in [0.25, 0.3) is 10.1 Å². The van der Waals surface area contributed by atoms with Crippen LogP contribution in [0.2, 0.25) is 0 Å². The summed E-state index contributed by atoms with van der Waals surface area (Å²) in [6, 6.07) is 24.8. The van der Waals surface area contributed by atoms with Gasteiger partial charge in [-0.05, 0) is 66.6 Å². The number of alkyl carbamates (subject to hydrolysis) is 1. The SMILES string of the molecule is CC1(C)CC(=O)N(COC(=O)NCCc2ccccc2)c2cc(OCCCCN3CCN(c4cccc5sccc45)CC3)ccc21. The standard InChI is InChI=1S/C37H44N4O4S/c1-37(2)26-35(42)41(27-45-36(43)38-17-15-28-9-4-3-5-10-28)33-25-29(13-14-31(33)37)44-23-7-6-18-39-19-21-40(22-20-39)32-11-8-12-34-30(32)16-24-46-34/h3-5,8-14,16,24-25H,6-7,15,17-23,26-27H2,1-2H3,(H,38,43). The van der Waals surface area contributed by atoms with Gasteiger partial charge in [0.25, 0.3) is 0 Å². The lowest BCUT2D eigenvalue weighted by Gasteiger charge is -2.38. The molecule has 0 atom stereocenters. The zero-order valence-electron chi connectivity index (χ0n) is 26.9. The second-order valence-corrected chi connectivity index (χ2v) is 13.7. The molecule has 2 aliphatic heterocycles. The quantitative estimate of drug-likeness (QED) is 0.171. The lowest BCUT2D eigenvalue weighted by Crippen LogP contribution is -2.46. The van der Waals surface area contributed by atoms with Gasteiger partial charge in [0.2, 0.25) is 5.91 Å². The number of hydrogen-bond acceptors (Lipinski definition) is 7. The molecule has 0 aliphatic carbocycles. The molecular formula is C37H44N4O4S. The number of piperazine rings is 1. The smallest absolute Gasteiger partial charge is 0.408 e. The molecule has 0 saturated carbocycles. The highest BCUT2D eigenvalue weighted by molar-refractivity contribution is 7.17. The normalized spacial score (nSPS) is 16.3. The fourth-order valence-corrected chi connectivity index (χ4v) is 7.27. The maximum Gasteiger partial charge on any atom is 0.408 e. The van der Waals surface area contributed by atoms with Crippen molar-refractivity contribution in [3.8, 4) is 5.75 Å². The van der Waals surface area contributed by atoms with Crippen LogP contribution in [0.1, 0.15) is 44.2 Å². The van der Waals surface area contributed by atoms with E-state index in [1.807, 2.05) is 48.5 Å². The summed E-state index contributed by atoms with van der Waals surface area (Å²) in [7, 11) is 0. The molecule has 9 heteroatoms. The molecule has 1 saturated heterocycles. The number of carbonyl (C=O) groups is 2. The lowest BCUT2D eigenvalue weighted by atomic mass is 9.77. The van der Waals surface area contributed by atoms with E-state index in [1.54, 1.807) is 16.2 Å². The molecule has 0 bridgehead atoms. The number of benzene rings is 3. The molecule has 3 heterocycles. The van der Waals surface area contributed by atoms with E-state index in [2.05, 4.69) is 58.6 Å². The number of nitrogens with one attached hydrogen (secondary N) is 1. The number of hydrogen-bond donors (Lipinski definition) is 1. The summed E-state index contributed by atoms with van der Waals surface area (Å²) in [6.07, 6.45) is 2.53. The number of fused-ring (bicyclic) bond motifs is 2. The first-order valence-electron chi connectivity index (χ1n) is 16.3. The molecule has 0 spiro atoms. The van der Waals surface area contributed by atoms with Crippen LogP contribution in [0.15, 0.2) is 78.2 Å². The molecule has 1 fully saturated rings. The van der Waals surface area contributed by atoms with Crippen LogP contribution in [-0.4, -0.2) is 69.5 Å². The Morgan fingerprint density at radius 1 is 0.935 bits per heavy atom. The summed E-state index contributed by atoms with van der Waals surface area (Å²) in [6.45, 7) is 10.4. The molecule has 3 aromatic carbocycles. The summed E-state index contributed by atoms with van der Waals surface area (Å²) in [5.74, 6) is 0.650. The molecule has 1 aromatic heterocycles. The zero-order chi connectivity index (χ0) is 31.9. The van der Waals surface area contributed by atoms with Crippen LogP contribution in [0.4, 0.5) is 16.2 Å². The van der Waals surface area contributed by atoms with E-state index >= 15 is 0 Å². The van der Waals surface area contributed by atoms with Gasteiger partial charge in [-0.1, -0.05) is 56.3 Å². The first-order valence-corrected chi connectivity index (χ1v) is 17.2. The van der Waals surface area contributed by atoms with Crippen molar-refractivity contribution >= 4 is 44.8 Å². The first kappa shape index (κ1) is 31.9. The Kier molecular flexibility index (Phi) is 10.1. The molecule has 8 nitrogen and oxygen atoms in total. The Hall–Kier alpha value is -4.08. The number of ether oxygens (including phenoxy) is 2. The van der Waals surface area contributed by atoms with E-state index < -0.39 is 6.09 Å². The van der Waals surface area contributed by atoms with Gasteiger partial charge in [0.05, 0.1) is 12.3 Å². The molecule has 46 heavy (non-hydrogen) atoms. The molecular weight excluding hydrogens is 596 g/mol. The summed E-state index contributed by atoms with van der Waals surface area (Å²) in [5, 5.41) is 6.33. The number of nitrogens with zero attached hydrogens (tertiary/aromatic N) is 3. The van der Waals surface area contributed by atoms with Gasteiger partial charge in [-0.2, -0.15) is 0 Å². The minimum absolute atomic E-state index is 0.0705. The number of carbonyl (C=O) groups excluding carboxylic acids is 2. The van der Waals surface area contributed by atoms with Crippen molar-refractivity contribution in [3.05, 3.63) is 89.3 Å². The minimum Gasteiger partial charge on any atom is -0.494 e. The largest absolute Gasteiger partial charge is 0.494 e. The predicted octanol–water partition coefficient (Wildman–Crippen LogP) is 6.82. The summed E-state index contributed by atoms with van der Waals surface area (Å²) in [5.41, 5.74) is 3.96. The molecule has 2 amide bonds. The first-order chi connectivity index (χ1) is 22.4. The van der Waals surface area contributed by atoms with Crippen LogP contribution < -0.4 is 19.9 Å². The number of amides is 2. The number of rotatable bonds is 12. The molecule has 0 unspecified atom stereocenters. The third kappa shape index (κ3) is 7.65. The Balaban J connectivity index is 0.956. The average Bonchev–Trinajstić information content (AvgIpc) is 3.54. The molecule has 2 aliphatic rings. The number of anilines is 2. The predicted molar refractivity (Wildman–Crippen MR) is 186 cm³/mol. The second-order valence-electron chi connectivity index (χ2n) is 12.8. The highest BCUT2D eigenvalue weighted by Crippen LogP contribution is 2.42. The summed E-state index contributed by atoms with van der Waals surface area (Å²) < 4.78 is 13.0. The Bertz CT molecular complexity index is 1630. The maximum absolute atomic E-state index is 13.2. The van der Waals surface area contributed by atoms with Crippen molar-refractivity contribution in [3.63, 3.8) is 0 Å². The summed E-state index contributed by atoms with van der Waals surface area (Å²) in [4.78, 5) is 32.2.